The van der Waals surface area contributed by atoms with Gasteiger partial charge in [0.2, 0.25) is 0 Å². The van der Waals surface area contributed by atoms with Crippen LogP contribution in [0.2, 0.25) is 0 Å². The topological polar surface area (TPSA) is 35.2 Å². The number of aryl methyl sites for hydroxylation is 1. The van der Waals surface area contributed by atoms with E-state index in [0.29, 0.717) is 0 Å². The lowest BCUT2D eigenvalue weighted by atomic mass is 10.1. The smallest absolute Gasteiger partial charge is 0.122 e. The number of benzene rings is 1. The Labute approximate surface area is 77.5 Å². The van der Waals surface area contributed by atoms with E-state index >= 15 is 0 Å². The van der Waals surface area contributed by atoms with Crippen molar-refractivity contribution in [3.8, 4) is 5.75 Å². The van der Waals surface area contributed by atoms with E-state index < -0.39 is 12.7 Å². The second kappa shape index (κ2) is 4.23. The van der Waals surface area contributed by atoms with Crippen molar-refractivity contribution in [2.24, 2.45) is 5.73 Å². The molecule has 0 unspecified atom stereocenters. The Morgan fingerprint density at radius 2 is 2.23 bits per heavy atom. The van der Waals surface area contributed by atoms with Gasteiger partial charge in [0.15, 0.2) is 0 Å². The maximum absolute atomic E-state index is 12.2. The Bertz CT molecular complexity index is 288. The molecule has 13 heavy (non-hydrogen) atoms. The van der Waals surface area contributed by atoms with E-state index in [1.54, 1.807) is 13.2 Å². The fourth-order valence-corrected chi connectivity index (χ4v) is 1.16. The molecule has 0 aliphatic rings. The summed E-state index contributed by atoms with van der Waals surface area (Å²) in [5.74, 6) is 0.751. The predicted molar refractivity (Wildman–Crippen MR) is 50.6 cm³/mol. The van der Waals surface area contributed by atoms with E-state index in [1.165, 1.54) is 0 Å². The Morgan fingerprint density at radius 3 is 2.77 bits per heavy atom. The molecule has 0 saturated carbocycles. The molecular weight excluding hydrogens is 169 g/mol. The summed E-state index contributed by atoms with van der Waals surface area (Å²) in [6.45, 7) is 1.38. The molecule has 0 aliphatic carbocycles. The van der Waals surface area contributed by atoms with Crippen molar-refractivity contribution >= 4 is 0 Å². The van der Waals surface area contributed by atoms with Crippen LogP contribution in [0.5, 0.6) is 5.75 Å². The maximum atomic E-state index is 12.2. The monoisotopic (exact) mass is 183 g/mol. The molecule has 0 aromatic heterocycles. The average molecular weight is 183 g/mol. The minimum Gasteiger partial charge on any atom is -0.496 e. The van der Waals surface area contributed by atoms with Crippen molar-refractivity contribution in [3.05, 3.63) is 29.3 Å². The van der Waals surface area contributed by atoms with Crippen LogP contribution in [0, 0.1) is 6.92 Å². The van der Waals surface area contributed by atoms with E-state index in [9.17, 15) is 4.39 Å². The summed E-state index contributed by atoms with van der Waals surface area (Å²) in [7, 11) is 1.59. The van der Waals surface area contributed by atoms with Gasteiger partial charge in [-0.25, -0.2) is 4.39 Å². The molecule has 0 radical (unpaired) electrons. The van der Waals surface area contributed by atoms with Crippen molar-refractivity contribution in [1.29, 1.82) is 0 Å². The molecular formula is C10H14FNO. The highest BCUT2D eigenvalue weighted by atomic mass is 19.1. The number of alkyl halides is 1. The van der Waals surface area contributed by atoms with Gasteiger partial charge in [-0.05, 0) is 24.1 Å². The first kappa shape index (κ1) is 9.99. The predicted octanol–water partition coefficient (Wildman–Crippen LogP) is 1.97. The standard InChI is InChI=1S/C10H14FNO/c1-7-3-4-8(9(12)6-11)5-10(7)13-2/h3-5,9H,6,12H2,1-2H3/t9-/m0/s1. The van der Waals surface area contributed by atoms with Crippen LogP contribution in [0.15, 0.2) is 18.2 Å². The first-order chi connectivity index (χ1) is 6.19. The molecule has 0 bridgehead atoms. The van der Waals surface area contributed by atoms with Crippen LogP contribution in [0.4, 0.5) is 4.39 Å². The number of ether oxygens (including phenoxy) is 1. The van der Waals surface area contributed by atoms with Crippen molar-refractivity contribution in [2.75, 3.05) is 13.8 Å². The number of hydrogen-bond acceptors (Lipinski definition) is 2. The van der Waals surface area contributed by atoms with Crippen molar-refractivity contribution in [1.82, 2.24) is 0 Å². The van der Waals surface area contributed by atoms with E-state index in [0.717, 1.165) is 16.9 Å². The summed E-state index contributed by atoms with van der Waals surface area (Å²) < 4.78 is 17.3. The van der Waals surface area contributed by atoms with Gasteiger partial charge in [-0.15, -0.1) is 0 Å². The molecule has 1 atom stereocenters. The third kappa shape index (κ3) is 2.18. The van der Waals surface area contributed by atoms with E-state index in [1.807, 2.05) is 19.1 Å². The Hall–Kier alpha value is -1.09. The zero-order chi connectivity index (χ0) is 9.84. The van der Waals surface area contributed by atoms with Crippen LogP contribution in [-0.4, -0.2) is 13.8 Å². The Kier molecular flexibility index (Phi) is 3.25. The number of halogens is 1. The summed E-state index contributed by atoms with van der Waals surface area (Å²) in [5.41, 5.74) is 7.33. The zero-order valence-corrected chi connectivity index (χ0v) is 7.88. The molecule has 0 saturated heterocycles. The van der Waals surface area contributed by atoms with Gasteiger partial charge in [-0.3, -0.25) is 0 Å². The summed E-state index contributed by atoms with van der Waals surface area (Å²) in [6.07, 6.45) is 0. The van der Waals surface area contributed by atoms with Crippen LogP contribution >= 0.6 is 0 Å². The molecule has 0 heterocycles. The van der Waals surface area contributed by atoms with Gasteiger partial charge in [0.1, 0.15) is 12.4 Å². The number of methoxy groups -OCH3 is 1. The molecule has 72 valence electrons. The normalized spacial score (nSPS) is 12.6. The second-order valence-corrected chi connectivity index (χ2v) is 2.99. The highest BCUT2D eigenvalue weighted by Crippen LogP contribution is 2.22. The first-order valence-electron chi connectivity index (χ1n) is 4.15. The Morgan fingerprint density at radius 1 is 1.54 bits per heavy atom. The summed E-state index contributed by atoms with van der Waals surface area (Å²) in [5, 5.41) is 0. The van der Waals surface area contributed by atoms with Gasteiger partial charge in [0, 0.05) is 0 Å². The van der Waals surface area contributed by atoms with E-state index in [4.69, 9.17) is 10.5 Å². The third-order valence-electron chi connectivity index (χ3n) is 2.03. The molecule has 2 nitrogen and oxygen atoms in total. The molecule has 1 aromatic carbocycles. The van der Waals surface area contributed by atoms with Gasteiger partial charge < -0.3 is 10.5 Å². The number of rotatable bonds is 3. The molecule has 0 spiro atoms. The van der Waals surface area contributed by atoms with Crippen LogP contribution in [0.3, 0.4) is 0 Å². The zero-order valence-electron chi connectivity index (χ0n) is 7.88. The van der Waals surface area contributed by atoms with Crippen LogP contribution in [-0.2, 0) is 0 Å². The maximum Gasteiger partial charge on any atom is 0.122 e. The lowest BCUT2D eigenvalue weighted by Gasteiger charge is -2.10. The van der Waals surface area contributed by atoms with Gasteiger partial charge in [0.25, 0.3) is 0 Å². The molecule has 3 heteroatoms. The largest absolute Gasteiger partial charge is 0.496 e. The number of hydrogen-bond donors (Lipinski definition) is 1. The fourth-order valence-electron chi connectivity index (χ4n) is 1.16. The summed E-state index contributed by atoms with van der Waals surface area (Å²) >= 11 is 0. The quantitative estimate of drug-likeness (QED) is 0.777. The summed E-state index contributed by atoms with van der Waals surface area (Å²) in [4.78, 5) is 0. The van der Waals surface area contributed by atoms with E-state index in [-0.39, 0.29) is 0 Å². The van der Waals surface area contributed by atoms with E-state index in [2.05, 4.69) is 0 Å². The lowest BCUT2D eigenvalue weighted by molar-refractivity contribution is 0.407. The first-order valence-corrected chi connectivity index (χ1v) is 4.15. The molecule has 0 amide bonds. The van der Waals surface area contributed by atoms with Crippen molar-refractivity contribution in [3.63, 3.8) is 0 Å². The van der Waals surface area contributed by atoms with Gasteiger partial charge in [-0.1, -0.05) is 12.1 Å². The minimum atomic E-state index is -0.549. The van der Waals surface area contributed by atoms with Crippen LogP contribution < -0.4 is 10.5 Å². The molecule has 2 N–H and O–H groups in total. The van der Waals surface area contributed by atoms with Gasteiger partial charge >= 0.3 is 0 Å². The van der Waals surface area contributed by atoms with Gasteiger partial charge in [-0.2, -0.15) is 0 Å². The highest BCUT2D eigenvalue weighted by molar-refractivity contribution is 5.37. The fraction of sp³-hybridized carbons (Fsp3) is 0.400. The van der Waals surface area contributed by atoms with Crippen molar-refractivity contribution < 1.29 is 9.13 Å². The SMILES string of the molecule is COc1cc([C@@H](N)CF)ccc1C. The Balaban J connectivity index is 2.99. The molecule has 0 aliphatic heterocycles. The number of nitrogens with two attached hydrogens (primary N) is 1. The highest BCUT2D eigenvalue weighted by Gasteiger charge is 2.07. The second-order valence-electron chi connectivity index (χ2n) is 2.99. The van der Waals surface area contributed by atoms with Crippen LogP contribution in [0.25, 0.3) is 0 Å². The van der Waals surface area contributed by atoms with Gasteiger partial charge in [0.05, 0.1) is 13.2 Å². The molecule has 1 aromatic rings. The van der Waals surface area contributed by atoms with Crippen molar-refractivity contribution in [2.45, 2.75) is 13.0 Å². The van der Waals surface area contributed by atoms with Crippen LogP contribution in [0.1, 0.15) is 17.2 Å². The molecule has 0 fully saturated rings. The third-order valence-corrected chi connectivity index (χ3v) is 2.03. The summed E-state index contributed by atoms with van der Waals surface area (Å²) in [6, 6.07) is 4.93. The lowest BCUT2D eigenvalue weighted by Crippen LogP contribution is -2.12. The minimum absolute atomic E-state index is 0.547. The molecule has 1 rings (SSSR count). The average Bonchev–Trinajstić information content (AvgIpc) is 2.17.